The van der Waals surface area contributed by atoms with Crippen molar-refractivity contribution in [3.8, 4) is 17.4 Å². The molecule has 7 rings (SSSR count). The molecule has 0 saturated carbocycles. The minimum absolute atomic E-state index is 0.00868. The van der Waals surface area contributed by atoms with Gasteiger partial charge in [0.2, 0.25) is 5.88 Å². The first-order chi connectivity index (χ1) is 21.2. The van der Waals surface area contributed by atoms with Crippen LogP contribution in [0.1, 0.15) is 24.0 Å². The van der Waals surface area contributed by atoms with Crippen LogP contribution in [0.4, 0.5) is 20.3 Å². The van der Waals surface area contributed by atoms with Crippen molar-refractivity contribution in [3.63, 3.8) is 0 Å². The smallest absolute Gasteiger partial charge is 0.481 e. The number of piperidine rings is 1. The molecule has 6 heterocycles. The van der Waals surface area contributed by atoms with Gasteiger partial charge in [-0.05, 0) is 46.5 Å². The number of nitro groups is 1. The lowest BCUT2D eigenvalue weighted by Crippen LogP contribution is -2.48. The summed E-state index contributed by atoms with van der Waals surface area (Å²) in [6.07, 6.45) is 1.12. The number of rotatable bonds is 8. The molecule has 12 nitrogen and oxygen atoms in total. The molecule has 0 aliphatic carbocycles. The largest absolute Gasteiger partial charge is 0.586 e. The van der Waals surface area contributed by atoms with Gasteiger partial charge in [0, 0.05) is 62.2 Å². The molecule has 0 N–H and O–H groups in total. The van der Waals surface area contributed by atoms with Crippen LogP contribution in [0.5, 0.6) is 17.4 Å². The van der Waals surface area contributed by atoms with Crippen molar-refractivity contribution >= 4 is 34.2 Å². The number of hydrogen-bond donors (Lipinski definition) is 0. The van der Waals surface area contributed by atoms with E-state index in [1.807, 2.05) is 16.7 Å². The van der Waals surface area contributed by atoms with Crippen LogP contribution in [0.25, 0.3) is 10.9 Å². The predicted molar refractivity (Wildman–Crippen MR) is 156 cm³/mol. The van der Waals surface area contributed by atoms with Crippen molar-refractivity contribution in [1.29, 1.82) is 0 Å². The highest BCUT2D eigenvalue weighted by Gasteiger charge is 2.44. The minimum Gasteiger partial charge on any atom is -0.481 e. The summed E-state index contributed by atoms with van der Waals surface area (Å²) in [4.78, 5) is 37.2. The number of nitrogens with zero attached hydrogens (tertiary/aromatic N) is 6. The molecule has 1 atom stereocenters. The lowest BCUT2D eigenvalue weighted by atomic mass is 10.0. The Morgan fingerprint density at radius 3 is 2.70 bits per heavy atom. The average Bonchev–Trinajstić information content (AvgIpc) is 3.31. The number of pyridine rings is 3. The second-order valence-electron chi connectivity index (χ2n) is 10.8. The van der Waals surface area contributed by atoms with E-state index in [-0.39, 0.29) is 34.2 Å². The van der Waals surface area contributed by atoms with Crippen LogP contribution in [0.2, 0.25) is 0 Å². The first kappa shape index (κ1) is 28.3. The molecule has 0 amide bonds. The van der Waals surface area contributed by atoms with Crippen LogP contribution in [0.3, 0.4) is 0 Å². The van der Waals surface area contributed by atoms with E-state index in [4.69, 9.17) is 4.74 Å². The Bertz CT molecular complexity index is 1840. The SMILES string of the molecule is COc1cc(CN(Cc2c3n(c4cc5c(cc4c2=O)OC(F)(F)O5)CS3)[C@H]2CCCN(c3ccc([N+](=O)[O-])nc3)C2)ccn1. The number of thioether (sulfide) groups is 1. The van der Waals surface area contributed by atoms with Crippen LogP contribution < -0.4 is 24.5 Å². The number of methoxy groups -OCH3 is 1. The monoisotopic (exact) mass is 624 g/mol. The molecule has 3 aliphatic rings. The Kier molecular flexibility index (Phi) is 7.00. The lowest BCUT2D eigenvalue weighted by molar-refractivity contribution is -0.389. The van der Waals surface area contributed by atoms with Crippen LogP contribution in [0.15, 0.2) is 58.6 Å². The number of ether oxygens (including phenoxy) is 3. The number of halogens is 2. The maximum Gasteiger partial charge on any atom is 0.586 e. The van der Waals surface area contributed by atoms with Gasteiger partial charge in [-0.15, -0.1) is 8.78 Å². The predicted octanol–water partition coefficient (Wildman–Crippen LogP) is 4.76. The number of benzene rings is 1. The van der Waals surface area contributed by atoms with E-state index in [2.05, 4.69) is 29.2 Å². The van der Waals surface area contributed by atoms with Crippen molar-refractivity contribution in [1.82, 2.24) is 19.4 Å². The van der Waals surface area contributed by atoms with Gasteiger partial charge in [-0.25, -0.2) is 4.98 Å². The topological polar surface area (TPSA) is 125 Å². The van der Waals surface area contributed by atoms with E-state index in [0.29, 0.717) is 42.5 Å². The molecule has 1 aromatic carbocycles. The van der Waals surface area contributed by atoms with E-state index >= 15 is 0 Å². The van der Waals surface area contributed by atoms with Crippen molar-refractivity contribution in [3.05, 3.63) is 80.3 Å². The molecule has 0 spiro atoms. The van der Waals surface area contributed by atoms with E-state index in [9.17, 15) is 23.7 Å². The number of anilines is 1. The standard InChI is InChI=1S/C29H26F2N6O6S/c1-41-26-9-17(6-7-32-26)13-35(19-3-2-8-34(14-19)18-4-5-25(33-12-18)37(39)40)15-21-27(38)20-10-23-24(43-29(30,31)42-23)11-22(20)36-16-44-28(21)36/h4-7,9-12,19H,2-3,8,13-16H2,1H3/t19-/m0/s1. The molecule has 44 heavy (non-hydrogen) atoms. The van der Waals surface area contributed by atoms with Gasteiger partial charge in [-0.3, -0.25) is 9.69 Å². The maximum atomic E-state index is 14.0. The third-order valence-corrected chi connectivity index (χ3v) is 9.24. The Hall–Kier alpha value is -4.50. The van der Waals surface area contributed by atoms with Crippen LogP contribution >= 0.6 is 11.8 Å². The fourth-order valence-corrected chi connectivity index (χ4v) is 6.94. The number of aromatic nitrogens is 3. The first-order valence-electron chi connectivity index (χ1n) is 13.9. The molecule has 1 saturated heterocycles. The number of hydrogen-bond acceptors (Lipinski definition) is 11. The van der Waals surface area contributed by atoms with Crippen molar-refractivity contribution in [2.75, 3.05) is 25.1 Å². The molecule has 4 aromatic rings. The second kappa shape index (κ2) is 10.9. The molecule has 3 aromatic heterocycles. The van der Waals surface area contributed by atoms with Gasteiger partial charge in [0.05, 0.1) is 34.6 Å². The average molecular weight is 625 g/mol. The fraction of sp³-hybridized carbons (Fsp3) is 0.345. The normalized spacial score (nSPS) is 18.3. The van der Waals surface area contributed by atoms with E-state index in [1.54, 1.807) is 19.4 Å². The van der Waals surface area contributed by atoms with Gasteiger partial charge >= 0.3 is 12.1 Å². The van der Waals surface area contributed by atoms with Gasteiger partial charge < -0.3 is 33.8 Å². The number of fused-ring (bicyclic) bond motifs is 4. The fourth-order valence-electron chi connectivity index (χ4n) is 5.99. The van der Waals surface area contributed by atoms with Gasteiger partial charge in [0.25, 0.3) is 0 Å². The highest BCUT2D eigenvalue weighted by molar-refractivity contribution is 7.99. The summed E-state index contributed by atoms with van der Waals surface area (Å²) in [5.41, 5.74) is 2.58. The zero-order valence-corrected chi connectivity index (χ0v) is 24.3. The molecule has 15 heteroatoms. The highest BCUT2D eigenvalue weighted by Crippen LogP contribution is 2.45. The molecule has 228 valence electrons. The van der Waals surface area contributed by atoms with Crippen molar-refractivity contribution in [2.24, 2.45) is 0 Å². The van der Waals surface area contributed by atoms with Gasteiger partial charge in [-0.2, -0.15) is 0 Å². The van der Waals surface area contributed by atoms with Crippen molar-refractivity contribution < 1.29 is 27.9 Å². The molecule has 0 radical (unpaired) electrons. The molecule has 3 aliphatic heterocycles. The first-order valence-corrected chi connectivity index (χ1v) is 14.9. The Morgan fingerprint density at radius 1 is 1.18 bits per heavy atom. The molecular formula is C29H26F2N6O6S. The summed E-state index contributed by atoms with van der Waals surface area (Å²) in [5.74, 6) is 0.564. The molecule has 1 fully saturated rings. The highest BCUT2D eigenvalue weighted by atomic mass is 32.2. The van der Waals surface area contributed by atoms with Crippen molar-refractivity contribution in [2.45, 2.75) is 49.2 Å². The quantitative estimate of drug-likeness (QED) is 0.199. The van der Waals surface area contributed by atoms with Gasteiger partial charge in [0.1, 0.15) is 0 Å². The van der Waals surface area contributed by atoms with Gasteiger partial charge in [0.15, 0.2) is 23.1 Å². The summed E-state index contributed by atoms with van der Waals surface area (Å²) in [5, 5.41) is 12.2. The summed E-state index contributed by atoms with van der Waals surface area (Å²) in [7, 11) is 1.55. The van der Waals surface area contributed by atoms with E-state index in [1.165, 1.54) is 36.2 Å². The van der Waals surface area contributed by atoms with E-state index < -0.39 is 11.2 Å². The summed E-state index contributed by atoms with van der Waals surface area (Å²) in [6, 6.07) is 9.65. The summed E-state index contributed by atoms with van der Waals surface area (Å²) in [6.45, 7) is 2.17. The zero-order valence-electron chi connectivity index (χ0n) is 23.4. The Balaban J connectivity index is 1.24. The third kappa shape index (κ3) is 5.15. The van der Waals surface area contributed by atoms with Gasteiger partial charge in [-0.1, -0.05) is 11.8 Å². The third-order valence-electron chi connectivity index (χ3n) is 8.12. The summed E-state index contributed by atoms with van der Waals surface area (Å²) < 4.78 is 44.2. The van der Waals surface area contributed by atoms with Crippen LogP contribution in [0, 0.1) is 10.1 Å². The van der Waals surface area contributed by atoms with E-state index in [0.717, 1.165) is 35.7 Å². The molecule has 0 unspecified atom stereocenters. The minimum atomic E-state index is -3.79. The number of alkyl halides is 2. The van der Waals surface area contributed by atoms with Crippen LogP contribution in [-0.2, 0) is 19.0 Å². The zero-order chi connectivity index (χ0) is 30.6. The molecule has 0 bridgehead atoms. The summed E-state index contributed by atoms with van der Waals surface area (Å²) >= 11 is 1.53. The lowest BCUT2D eigenvalue weighted by Gasteiger charge is -2.40. The molecular weight excluding hydrogens is 598 g/mol. The maximum absolute atomic E-state index is 14.0. The second-order valence-corrected chi connectivity index (χ2v) is 11.7. The van der Waals surface area contributed by atoms with Crippen LogP contribution in [-0.4, -0.2) is 56.9 Å². The Labute approximate surface area is 253 Å². The Morgan fingerprint density at radius 2 is 2.00 bits per heavy atom.